The molecule has 3 rings (SSSR count). The Balaban J connectivity index is 1.38. The zero-order valence-electron chi connectivity index (χ0n) is 14.6. The summed E-state index contributed by atoms with van der Waals surface area (Å²) < 4.78 is 5.19. The first-order valence-electron chi connectivity index (χ1n) is 8.66. The van der Waals surface area contributed by atoms with Gasteiger partial charge in [0.05, 0.1) is 11.4 Å². The van der Waals surface area contributed by atoms with Crippen LogP contribution in [0, 0.1) is 0 Å². The van der Waals surface area contributed by atoms with Crippen LogP contribution in [-0.2, 0) is 16.0 Å². The third-order valence-corrected chi connectivity index (χ3v) is 5.38. The van der Waals surface area contributed by atoms with E-state index in [9.17, 15) is 9.59 Å². The number of likely N-dealkylation sites (N-methyl/N-ethyl adjacent to an activating group) is 1. The molecule has 0 aliphatic heterocycles. The molecule has 9 heteroatoms. The van der Waals surface area contributed by atoms with Gasteiger partial charge in [-0.3, -0.25) is 14.5 Å². The first kappa shape index (κ1) is 18.5. The standard InChI is InChI=1S/C17H22N4O4S/c1-2-21(10-16(23)24)12-8-11(9-12)18-14(22)5-6-15-19-17(20-25-15)13-4-3-7-26-13/h3-4,7,11-12H,2,5-6,8-10H2,1H3,(H,18,22)(H,23,24). The van der Waals surface area contributed by atoms with Crippen LogP contribution in [0.5, 0.6) is 0 Å². The number of nitrogens with zero attached hydrogens (tertiary/aromatic N) is 3. The van der Waals surface area contributed by atoms with E-state index in [4.69, 9.17) is 9.63 Å². The van der Waals surface area contributed by atoms with Crippen molar-refractivity contribution in [2.75, 3.05) is 13.1 Å². The fraction of sp³-hybridized carbons (Fsp3) is 0.529. The van der Waals surface area contributed by atoms with Crippen molar-refractivity contribution in [1.29, 1.82) is 0 Å². The Morgan fingerprint density at radius 2 is 2.27 bits per heavy atom. The normalized spacial score (nSPS) is 19.3. The van der Waals surface area contributed by atoms with Gasteiger partial charge in [-0.2, -0.15) is 4.98 Å². The van der Waals surface area contributed by atoms with Gasteiger partial charge in [-0.1, -0.05) is 18.1 Å². The van der Waals surface area contributed by atoms with Gasteiger partial charge in [-0.15, -0.1) is 11.3 Å². The number of rotatable bonds is 9. The Morgan fingerprint density at radius 3 is 2.92 bits per heavy atom. The molecule has 1 aliphatic carbocycles. The van der Waals surface area contributed by atoms with Gasteiger partial charge >= 0.3 is 5.97 Å². The van der Waals surface area contributed by atoms with Crippen LogP contribution in [-0.4, -0.2) is 57.2 Å². The molecule has 0 bridgehead atoms. The van der Waals surface area contributed by atoms with Crippen LogP contribution in [0.2, 0.25) is 0 Å². The van der Waals surface area contributed by atoms with E-state index in [2.05, 4.69) is 15.5 Å². The van der Waals surface area contributed by atoms with Gasteiger partial charge in [-0.05, 0) is 30.8 Å². The third kappa shape index (κ3) is 4.67. The number of aliphatic carboxylic acids is 1. The number of carboxylic acid groups (broad SMARTS) is 1. The molecule has 2 aromatic heterocycles. The zero-order valence-corrected chi connectivity index (χ0v) is 15.4. The molecular weight excluding hydrogens is 356 g/mol. The predicted octanol–water partition coefficient (Wildman–Crippen LogP) is 1.78. The minimum Gasteiger partial charge on any atom is -0.480 e. The maximum atomic E-state index is 12.1. The maximum absolute atomic E-state index is 12.1. The van der Waals surface area contributed by atoms with Gasteiger partial charge in [-0.25, -0.2) is 0 Å². The number of nitrogens with one attached hydrogen (secondary N) is 1. The summed E-state index contributed by atoms with van der Waals surface area (Å²) >= 11 is 1.54. The summed E-state index contributed by atoms with van der Waals surface area (Å²) in [6, 6.07) is 4.18. The van der Waals surface area contributed by atoms with Gasteiger partial charge in [0.15, 0.2) is 0 Å². The monoisotopic (exact) mass is 378 g/mol. The molecule has 0 saturated heterocycles. The second-order valence-electron chi connectivity index (χ2n) is 6.34. The van der Waals surface area contributed by atoms with E-state index in [0.29, 0.717) is 31.1 Å². The first-order valence-corrected chi connectivity index (χ1v) is 9.54. The Kier molecular flexibility index (Phi) is 6.00. The van der Waals surface area contributed by atoms with Crippen LogP contribution < -0.4 is 5.32 Å². The third-order valence-electron chi connectivity index (χ3n) is 4.51. The number of aryl methyl sites for hydroxylation is 1. The molecule has 0 aromatic carbocycles. The topological polar surface area (TPSA) is 109 Å². The van der Waals surface area contributed by atoms with E-state index < -0.39 is 5.97 Å². The molecule has 0 atom stereocenters. The maximum Gasteiger partial charge on any atom is 0.317 e. The molecule has 0 radical (unpaired) electrons. The van der Waals surface area contributed by atoms with Crippen molar-refractivity contribution in [1.82, 2.24) is 20.4 Å². The molecule has 140 valence electrons. The van der Waals surface area contributed by atoms with Crippen LogP contribution >= 0.6 is 11.3 Å². The highest BCUT2D eigenvalue weighted by Crippen LogP contribution is 2.26. The van der Waals surface area contributed by atoms with E-state index in [0.717, 1.165) is 17.7 Å². The second kappa shape index (κ2) is 8.41. The lowest BCUT2D eigenvalue weighted by molar-refractivity contribution is -0.139. The SMILES string of the molecule is CCN(CC(=O)O)C1CC(NC(=O)CCc2nc(-c3cccs3)no2)C1. The lowest BCUT2D eigenvalue weighted by Crippen LogP contribution is -2.54. The Bertz CT molecular complexity index is 740. The van der Waals surface area contributed by atoms with Crippen LogP contribution in [0.1, 0.15) is 32.1 Å². The molecule has 1 saturated carbocycles. The van der Waals surface area contributed by atoms with Gasteiger partial charge < -0.3 is 14.9 Å². The van der Waals surface area contributed by atoms with E-state index >= 15 is 0 Å². The smallest absolute Gasteiger partial charge is 0.317 e. The molecule has 0 unspecified atom stereocenters. The summed E-state index contributed by atoms with van der Waals surface area (Å²) in [6.45, 7) is 2.69. The first-order chi connectivity index (χ1) is 12.5. The summed E-state index contributed by atoms with van der Waals surface area (Å²) in [4.78, 5) is 30.1. The van der Waals surface area contributed by atoms with Crippen LogP contribution in [0.4, 0.5) is 0 Å². The summed E-state index contributed by atoms with van der Waals surface area (Å²) in [6.07, 6.45) is 2.27. The molecule has 2 N–H and O–H groups in total. The Labute approximate surface area is 155 Å². The number of hydrogen-bond acceptors (Lipinski definition) is 7. The fourth-order valence-corrected chi connectivity index (χ4v) is 3.71. The summed E-state index contributed by atoms with van der Waals surface area (Å²) in [5, 5.41) is 17.8. The van der Waals surface area contributed by atoms with E-state index in [-0.39, 0.29) is 24.5 Å². The Morgan fingerprint density at radius 1 is 1.46 bits per heavy atom. The van der Waals surface area contributed by atoms with Crippen molar-refractivity contribution in [2.24, 2.45) is 0 Å². The lowest BCUT2D eigenvalue weighted by atomic mass is 9.85. The van der Waals surface area contributed by atoms with Gasteiger partial charge in [0.1, 0.15) is 0 Å². The zero-order chi connectivity index (χ0) is 18.5. The number of hydrogen-bond donors (Lipinski definition) is 2. The number of aromatic nitrogens is 2. The van der Waals surface area contributed by atoms with Gasteiger partial charge in [0.2, 0.25) is 17.6 Å². The average molecular weight is 378 g/mol. The van der Waals surface area contributed by atoms with Crippen molar-refractivity contribution in [3.8, 4) is 10.7 Å². The molecular formula is C17H22N4O4S. The number of thiophene rings is 1. The van der Waals surface area contributed by atoms with Crippen molar-refractivity contribution in [2.45, 2.75) is 44.7 Å². The predicted molar refractivity (Wildman–Crippen MR) is 95.8 cm³/mol. The molecule has 26 heavy (non-hydrogen) atoms. The molecule has 2 heterocycles. The number of carboxylic acids is 1. The molecule has 8 nitrogen and oxygen atoms in total. The highest BCUT2D eigenvalue weighted by atomic mass is 32.1. The van der Waals surface area contributed by atoms with Crippen LogP contribution in [0.15, 0.2) is 22.0 Å². The number of amides is 1. The van der Waals surface area contributed by atoms with E-state index in [1.54, 1.807) is 0 Å². The molecule has 1 amide bonds. The van der Waals surface area contributed by atoms with Gasteiger partial charge in [0.25, 0.3) is 0 Å². The average Bonchev–Trinajstić information content (AvgIpc) is 3.24. The molecule has 1 aliphatic rings. The summed E-state index contributed by atoms with van der Waals surface area (Å²) in [7, 11) is 0. The minimum absolute atomic E-state index is 0.0472. The molecule has 2 aromatic rings. The van der Waals surface area contributed by atoms with Crippen molar-refractivity contribution in [3.63, 3.8) is 0 Å². The van der Waals surface area contributed by atoms with Crippen LogP contribution in [0.25, 0.3) is 10.7 Å². The van der Waals surface area contributed by atoms with Crippen LogP contribution in [0.3, 0.4) is 0 Å². The second-order valence-corrected chi connectivity index (χ2v) is 7.28. The number of carbonyl (C=O) groups is 2. The molecule has 0 spiro atoms. The largest absolute Gasteiger partial charge is 0.480 e. The summed E-state index contributed by atoms with van der Waals surface area (Å²) in [5.74, 6) is 0.135. The quantitative estimate of drug-likeness (QED) is 0.685. The highest BCUT2D eigenvalue weighted by molar-refractivity contribution is 7.13. The molecule has 1 fully saturated rings. The fourth-order valence-electron chi connectivity index (χ4n) is 3.06. The van der Waals surface area contributed by atoms with Crippen molar-refractivity contribution < 1.29 is 19.2 Å². The highest BCUT2D eigenvalue weighted by Gasteiger charge is 2.34. The van der Waals surface area contributed by atoms with Gasteiger partial charge in [0, 0.05) is 24.9 Å². The Hall–Kier alpha value is -2.26. The van der Waals surface area contributed by atoms with E-state index in [1.165, 1.54) is 11.3 Å². The van der Waals surface area contributed by atoms with E-state index in [1.807, 2.05) is 29.3 Å². The lowest BCUT2D eigenvalue weighted by Gasteiger charge is -2.42. The number of carbonyl (C=O) groups excluding carboxylic acids is 1. The van der Waals surface area contributed by atoms with Crippen molar-refractivity contribution in [3.05, 3.63) is 23.4 Å². The summed E-state index contributed by atoms with van der Waals surface area (Å²) in [5.41, 5.74) is 0. The minimum atomic E-state index is -0.819. The van der Waals surface area contributed by atoms with Crippen molar-refractivity contribution >= 4 is 23.2 Å².